The van der Waals surface area contributed by atoms with Crippen molar-refractivity contribution < 1.29 is 9.22 Å². The molecule has 1 aromatic heterocycles. The van der Waals surface area contributed by atoms with Crippen LogP contribution in [0.15, 0.2) is 22.2 Å². The quantitative estimate of drug-likeness (QED) is 0.0378. The molecule has 51 heavy (non-hydrogen) atoms. The Kier molecular flexibility index (Phi) is 34.9. The molecule has 0 saturated heterocycles. The molecule has 0 radical (unpaired) electrons. The number of likely N-dealkylation sites (N-methyl/N-ethyl adjacent to an activating group) is 1. The molecule has 1 aromatic rings. The van der Waals surface area contributed by atoms with Crippen LogP contribution in [0.4, 0.5) is 0 Å². The van der Waals surface area contributed by atoms with E-state index >= 15 is 0 Å². The third kappa shape index (κ3) is 35.1. The third-order valence-corrected chi connectivity index (χ3v) is 12.3. The first-order valence-corrected chi connectivity index (χ1v) is 24.6. The van der Waals surface area contributed by atoms with Gasteiger partial charge in [-0.25, -0.2) is 4.98 Å². The van der Waals surface area contributed by atoms with Gasteiger partial charge in [-0.3, -0.25) is 0 Å². The van der Waals surface area contributed by atoms with Gasteiger partial charge in [-0.15, -0.1) is 23.5 Å². The van der Waals surface area contributed by atoms with Crippen molar-refractivity contribution in [2.24, 2.45) is 0 Å². The van der Waals surface area contributed by atoms with E-state index in [1.165, 1.54) is 205 Å². The van der Waals surface area contributed by atoms with Crippen molar-refractivity contribution in [3.05, 3.63) is 12.1 Å². The number of nitrogens with zero attached hydrogens (tertiary/aromatic N) is 2. The van der Waals surface area contributed by atoms with Gasteiger partial charge < -0.3 is 9.22 Å². The number of thioether (sulfide) groups is 2. The van der Waals surface area contributed by atoms with Gasteiger partial charge in [0.2, 0.25) is 0 Å². The van der Waals surface area contributed by atoms with Crippen LogP contribution in [0.2, 0.25) is 0 Å². The minimum Gasteiger partial charge on any atom is -0.488 e. The first kappa shape index (κ1) is 48.6. The minimum atomic E-state index is 0.750. The van der Waals surface area contributed by atoms with Crippen LogP contribution in [0, 0.1) is 0 Å². The maximum Gasteiger partial charge on any atom is 0.137 e. The van der Waals surface area contributed by atoms with Crippen molar-refractivity contribution in [2.45, 2.75) is 229 Å². The minimum absolute atomic E-state index is 0.750. The average molecular weight is 750 g/mol. The maximum absolute atomic E-state index is 6.25. The first-order chi connectivity index (χ1) is 24.9. The highest BCUT2D eigenvalue weighted by atomic mass is 32.2. The van der Waals surface area contributed by atoms with Gasteiger partial charge in [-0.05, 0) is 24.3 Å². The van der Waals surface area contributed by atoms with E-state index in [-0.39, 0.29) is 0 Å². The number of aromatic nitrogens is 1. The molecule has 0 spiro atoms. The molecular weight excluding hydrogens is 661 g/mol. The topological polar surface area (TPSA) is 22.1 Å². The predicted octanol–water partition coefficient (Wildman–Crippen LogP) is 15.9. The summed E-state index contributed by atoms with van der Waals surface area (Å²) in [6, 6.07) is 4.37. The van der Waals surface area contributed by atoms with Gasteiger partial charge >= 0.3 is 0 Å². The lowest BCUT2D eigenvalue weighted by Gasteiger charge is -2.23. The Morgan fingerprint density at radius 3 is 0.980 bits per heavy atom. The van der Waals surface area contributed by atoms with Crippen molar-refractivity contribution in [1.82, 2.24) is 4.98 Å². The zero-order valence-corrected chi connectivity index (χ0v) is 36.9. The standard InChI is InChI=1S/C46H89N2OS2/c1-6-8-10-12-14-16-18-20-22-24-26-28-30-32-34-36-40-50-45-42-44(49-39-38-48(3,4)5)43-46(47-45)51-41-37-35-33-31-29-27-25-23-21-19-17-15-13-11-9-7-2/h42-43H,6-41H2,1-5H3/q+1. The van der Waals surface area contributed by atoms with E-state index in [4.69, 9.17) is 9.72 Å². The summed E-state index contributed by atoms with van der Waals surface area (Å²) >= 11 is 3.86. The van der Waals surface area contributed by atoms with Gasteiger partial charge in [0.15, 0.2) is 0 Å². The Balaban J connectivity index is 2.16. The SMILES string of the molecule is CCCCCCCCCCCCCCCCCCSc1cc(OCC[N+](C)(C)C)cc(SCCCCCCCCCCCCCCCCCC)n1. The Labute approximate surface area is 329 Å². The summed E-state index contributed by atoms with van der Waals surface area (Å²) in [6.07, 6.45) is 45.5. The summed E-state index contributed by atoms with van der Waals surface area (Å²) in [7, 11) is 6.69. The van der Waals surface area contributed by atoms with Gasteiger partial charge in [-0.1, -0.05) is 206 Å². The van der Waals surface area contributed by atoms with Crippen LogP contribution in [-0.4, -0.2) is 55.3 Å². The van der Waals surface area contributed by atoms with Crippen molar-refractivity contribution in [2.75, 3.05) is 45.8 Å². The number of pyridine rings is 1. The van der Waals surface area contributed by atoms with Crippen molar-refractivity contribution in [3.63, 3.8) is 0 Å². The van der Waals surface area contributed by atoms with Crippen molar-refractivity contribution in [3.8, 4) is 5.75 Å². The molecule has 0 aliphatic carbocycles. The molecule has 1 rings (SSSR count). The number of hydrogen-bond donors (Lipinski definition) is 0. The average Bonchev–Trinajstić information content (AvgIpc) is 3.10. The number of hydrogen-bond acceptors (Lipinski definition) is 4. The van der Waals surface area contributed by atoms with E-state index in [0.29, 0.717) is 0 Å². The summed E-state index contributed by atoms with van der Waals surface area (Å²) in [5, 5.41) is 2.29. The Morgan fingerprint density at radius 1 is 0.431 bits per heavy atom. The van der Waals surface area contributed by atoms with E-state index in [1.807, 2.05) is 23.5 Å². The monoisotopic (exact) mass is 750 g/mol. The van der Waals surface area contributed by atoms with Gasteiger partial charge in [0.25, 0.3) is 0 Å². The Morgan fingerprint density at radius 2 is 0.706 bits per heavy atom. The summed E-state index contributed by atoms with van der Waals surface area (Å²) in [5.41, 5.74) is 0. The highest BCUT2D eigenvalue weighted by Crippen LogP contribution is 2.29. The maximum atomic E-state index is 6.25. The molecule has 0 atom stereocenters. The fourth-order valence-corrected chi connectivity index (χ4v) is 8.68. The zero-order chi connectivity index (χ0) is 36.9. The number of unbranched alkanes of at least 4 members (excludes halogenated alkanes) is 30. The lowest BCUT2D eigenvalue weighted by molar-refractivity contribution is -0.870. The summed E-state index contributed by atoms with van der Waals surface area (Å²) in [4.78, 5) is 5.05. The molecule has 0 N–H and O–H groups in total. The number of rotatable bonds is 40. The van der Waals surface area contributed by atoms with E-state index in [1.54, 1.807) is 0 Å². The Hall–Kier alpha value is -0.390. The fraction of sp³-hybridized carbons (Fsp3) is 0.891. The van der Waals surface area contributed by atoms with Crippen LogP contribution in [0.5, 0.6) is 5.75 Å². The van der Waals surface area contributed by atoms with E-state index in [9.17, 15) is 0 Å². The van der Waals surface area contributed by atoms with Crippen LogP contribution in [0.25, 0.3) is 0 Å². The normalized spacial score (nSPS) is 11.9. The lowest BCUT2D eigenvalue weighted by Crippen LogP contribution is -2.38. The second-order valence-corrected chi connectivity index (χ2v) is 18.9. The van der Waals surface area contributed by atoms with E-state index in [2.05, 4.69) is 47.1 Å². The molecule has 0 aliphatic rings. The van der Waals surface area contributed by atoms with Crippen LogP contribution in [0.3, 0.4) is 0 Å². The Bertz CT molecular complexity index is 802. The van der Waals surface area contributed by atoms with Crippen molar-refractivity contribution >= 4 is 23.5 Å². The highest BCUT2D eigenvalue weighted by Gasteiger charge is 2.10. The number of ether oxygens (including phenoxy) is 1. The van der Waals surface area contributed by atoms with E-state index < -0.39 is 0 Å². The van der Waals surface area contributed by atoms with Crippen LogP contribution < -0.4 is 4.74 Å². The molecule has 0 saturated carbocycles. The third-order valence-electron chi connectivity index (χ3n) is 10.3. The smallest absolute Gasteiger partial charge is 0.137 e. The van der Waals surface area contributed by atoms with E-state index in [0.717, 1.165) is 44.9 Å². The van der Waals surface area contributed by atoms with Crippen LogP contribution in [0.1, 0.15) is 219 Å². The molecule has 300 valence electrons. The summed E-state index contributed by atoms with van der Waals surface area (Å²) < 4.78 is 7.18. The first-order valence-electron chi connectivity index (χ1n) is 22.7. The van der Waals surface area contributed by atoms with Crippen molar-refractivity contribution in [1.29, 1.82) is 0 Å². The van der Waals surface area contributed by atoms with Gasteiger partial charge in [0.1, 0.15) is 29.0 Å². The van der Waals surface area contributed by atoms with Crippen LogP contribution in [-0.2, 0) is 0 Å². The molecule has 0 amide bonds. The molecule has 0 unspecified atom stereocenters. The second-order valence-electron chi connectivity index (χ2n) is 16.6. The predicted molar refractivity (Wildman–Crippen MR) is 233 cm³/mol. The molecule has 0 bridgehead atoms. The zero-order valence-electron chi connectivity index (χ0n) is 35.2. The summed E-state index contributed by atoms with van der Waals surface area (Å²) in [6.45, 7) is 6.36. The fourth-order valence-electron chi connectivity index (χ4n) is 6.78. The van der Waals surface area contributed by atoms with Gasteiger partial charge in [0, 0.05) is 12.1 Å². The molecule has 0 aromatic carbocycles. The van der Waals surface area contributed by atoms with Gasteiger partial charge in [0.05, 0.1) is 21.1 Å². The van der Waals surface area contributed by atoms with Gasteiger partial charge in [-0.2, -0.15) is 0 Å². The molecule has 1 heterocycles. The molecule has 0 aliphatic heterocycles. The number of quaternary nitrogens is 1. The second kappa shape index (κ2) is 36.6. The summed E-state index contributed by atoms with van der Waals surface area (Å²) in [5.74, 6) is 3.33. The lowest BCUT2D eigenvalue weighted by atomic mass is 10.0. The van der Waals surface area contributed by atoms with Crippen LogP contribution >= 0.6 is 23.5 Å². The molecule has 3 nitrogen and oxygen atoms in total. The largest absolute Gasteiger partial charge is 0.488 e. The molecule has 0 fully saturated rings. The molecular formula is C46H89N2OS2+. The highest BCUT2D eigenvalue weighted by molar-refractivity contribution is 7.99. The molecule has 5 heteroatoms.